The fourth-order valence-electron chi connectivity index (χ4n) is 4.00. The fourth-order valence-corrected chi connectivity index (χ4v) is 4.41. The summed E-state index contributed by atoms with van der Waals surface area (Å²) in [6, 6.07) is 1.98. The molecule has 2 aliphatic rings. The number of hydrogen-bond acceptors (Lipinski definition) is 4. The highest BCUT2D eigenvalue weighted by Crippen LogP contribution is 2.36. The summed E-state index contributed by atoms with van der Waals surface area (Å²) in [7, 11) is 0. The van der Waals surface area contributed by atoms with Crippen LogP contribution in [0.1, 0.15) is 26.7 Å². The first kappa shape index (κ1) is 17.6. The zero-order valence-corrected chi connectivity index (χ0v) is 16.4. The molecule has 1 amide bonds. The lowest BCUT2D eigenvalue weighted by atomic mass is 10.1. The van der Waals surface area contributed by atoms with Gasteiger partial charge in [-0.25, -0.2) is 13.7 Å². The van der Waals surface area contributed by atoms with Gasteiger partial charge in [0.2, 0.25) is 0 Å². The van der Waals surface area contributed by atoms with Crippen molar-refractivity contribution in [2.24, 2.45) is 5.92 Å². The number of rotatable bonds is 3. The molecule has 2 aliphatic heterocycles. The molecule has 2 aromatic rings. The van der Waals surface area contributed by atoms with Gasteiger partial charge in [0.15, 0.2) is 5.82 Å². The first-order valence-corrected chi connectivity index (χ1v) is 9.75. The lowest BCUT2D eigenvalue weighted by molar-refractivity contribution is 0.0704. The maximum Gasteiger partial charge on any atom is 0.410 e. The number of nitrogens with zero attached hydrogens (tertiary/aromatic N) is 4. The molecule has 0 N–H and O–H groups in total. The van der Waals surface area contributed by atoms with Gasteiger partial charge in [0.05, 0.1) is 30.4 Å². The lowest BCUT2D eigenvalue weighted by Gasteiger charge is -2.41. The van der Waals surface area contributed by atoms with Gasteiger partial charge in [-0.1, -0.05) is 13.8 Å². The van der Waals surface area contributed by atoms with Crippen LogP contribution in [0.25, 0.3) is 5.52 Å². The van der Waals surface area contributed by atoms with Crippen molar-refractivity contribution in [2.45, 2.75) is 38.8 Å². The Balaban J connectivity index is 1.58. The predicted octanol–water partition coefficient (Wildman–Crippen LogP) is 3.68. The summed E-state index contributed by atoms with van der Waals surface area (Å²) in [5.74, 6) is -0.0248. The Bertz CT molecular complexity index is 826. The van der Waals surface area contributed by atoms with Gasteiger partial charge in [0, 0.05) is 23.8 Å². The number of halogens is 2. The first-order chi connectivity index (χ1) is 12.4. The van der Waals surface area contributed by atoms with Crippen molar-refractivity contribution in [1.82, 2.24) is 14.5 Å². The Morgan fingerprint density at radius 3 is 2.73 bits per heavy atom. The van der Waals surface area contributed by atoms with Crippen molar-refractivity contribution in [3.05, 3.63) is 28.7 Å². The SMILES string of the molecule is CC(C)COC(=O)N1C2CCC1CN(c1c(F)cnn3cc(Br)cc13)C2. The van der Waals surface area contributed by atoms with E-state index < -0.39 is 0 Å². The molecule has 0 saturated carbocycles. The zero-order valence-electron chi connectivity index (χ0n) is 14.9. The smallest absolute Gasteiger partial charge is 0.410 e. The highest BCUT2D eigenvalue weighted by molar-refractivity contribution is 9.10. The van der Waals surface area contributed by atoms with Crippen LogP contribution in [0.15, 0.2) is 22.9 Å². The molecular formula is C18H22BrFN4O2. The van der Waals surface area contributed by atoms with Crippen LogP contribution in [0.3, 0.4) is 0 Å². The van der Waals surface area contributed by atoms with Crippen LogP contribution in [0.5, 0.6) is 0 Å². The third-order valence-corrected chi connectivity index (χ3v) is 5.51. The van der Waals surface area contributed by atoms with Crippen molar-refractivity contribution in [2.75, 3.05) is 24.6 Å². The van der Waals surface area contributed by atoms with E-state index in [1.165, 1.54) is 6.20 Å². The van der Waals surface area contributed by atoms with E-state index in [1.807, 2.05) is 35.9 Å². The van der Waals surface area contributed by atoms with E-state index in [1.54, 1.807) is 4.52 Å². The molecule has 2 atom stereocenters. The number of carbonyl (C=O) groups is 1. The fraction of sp³-hybridized carbons (Fsp3) is 0.556. The minimum absolute atomic E-state index is 0.0550. The number of amides is 1. The van der Waals surface area contributed by atoms with Gasteiger partial charge in [0.25, 0.3) is 0 Å². The van der Waals surface area contributed by atoms with Crippen LogP contribution >= 0.6 is 15.9 Å². The highest BCUT2D eigenvalue weighted by Gasteiger charge is 2.44. The number of carbonyl (C=O) groups excluding carboxylic acids is 1. The van der Waals surface area contributed by atoms with Crippen molar-refractivity contribution >= 4 is 33.2 Å². The zero-order chi connectivity index (χ0) is 18.4. The summed E-state index contributed by atoms with van der Waals surface area (Å²) < 4.78 is 22.6. The average molecular weight is 425 g/mol. The van der Waals surface area contributed by atoms with E-state index in [9.17, 15) is 9.18 Å². The largest absolute Gasteiger partial charge is 0.449 e. The molecular weight excluding hydrogens is 403 g/mol. The van der Waals surface area contributed by atoms with E-state index in [4.69, 9.17) is 4.74 Å². The van der Waals surface area contributed by atoms with E-state index in [2.05, 4.69) is 21.0 Å². The summed E-state index contributed by atoms with van der Waals surface area (Å²) in [6.45, 7) is 5.68. The first-order valence-electron chi connectivity index (χ1n) is 8.96. The minimum Gasteiger partial charge on any atom is -0.449 e. The minimum atomic E-state index is -0.335. The Kier molecular flexibility index (Phi) is 4.54. The van der Waals surface area contributed by atoms with Crippen LogP contribution < -0.4 is 4.90 Å². The second-order valence-electron chi connectivity index (χ2n) is 7.50. The third-order valence-electron chi connectivity index (χ3n) is 5.08. The van der Waals surface area contributed by atoms with Gasteiger partial charge in [-0.05, 0) is 40.8 Å². The number of ether oxygens (including phenoxy) is 1. The quantitative estimate of drug-likeness (QED) is 0.753. The Morgan fingerprint density at radius 1 is 1.38 bits per heavy atom. The molecule has 2 unspecified atom stereocenters. The van der Waals surface area contributed by atoms with Gasteiger partial charge in [-0.15, -0.1) is 0 Å². The molecule has 0 aromatic carbocycles. The van der Waals surface area contributed by atoms with E-state index in [-0.39, 0.29) is 24.0 Å². The normalized spacial score (nSPS) is 22.5. The molecule has 0 aliphatic carbocycles. The van der Waals surface area contributed by atoms with Crippen LogP contribution in [-0.4, -0.2) is 52.4 Å². The van der Waals surface area contributed by atoms with Crippen molar-refractivity contribution in [3.8, 4) is 0 Å². The average Bonchev–Trinajstić information content (AvgIpc) is 3.08. The molecule has 8 heteroatoms. The molecule has 2 aromatic heterocycles. The molecule has 4 rings (SSSR count). The number of aromatic nitrogens is 2. The second-order valence-corrected chi connectivity index (χ2v) is 8.41. The number of hydrogen-bond donors (Lipinski definition) is 0. The second kappa shape index (κ2) is 6.72. The van der Waals surface area contributed by atoms with Crippen LogP contribution in [0.2, 0.25) is 0 Å². The molecule has 2 fully saturated rings. The topological polar surface area (TPSA) is 50.1 Å². The maximum absolute atomic E-state index is 14.6. The Morgan fingerprint density at radius 2 is 2.08 bits per heavy atom. The van der Waals surface area contributed by atoms with Crippen molar-refractivity contribution < 1.29 is 13.9 Å². The van der Waals surface area contributed by atoms with E-state index >= 15 is 0 Å². The molecule has 4 heterocycles. The summed E-state index contributed by atoms with van der Waals surface area (Å²) in [5, 5.41) is 4.10. The van der Waals surface area contributed by atoms with Gasteiger partial charge >= 0.3 is 6.09 Å². The number of anilines is 1. The molecule has 0 radical (unpaired) electrons. The summed E-state index contributed by atoms with van der Waals surface area (Å²) in [5.41, 5.74) is 1.28. The number of fused-ring (bicyclic) bond motifs is 3. The van der Waals surface area contributed by atoms with Gasteiger partial charge in [-0.2, -0.15) is 5.10 Å². The van der Waals surface area contributed by atoms with Gasteiger partial charge in [0.1, 0.15) is 5.69 Å². The number of piperazine rings is 1. The standard InChI is InChI=1S/C18H22BrFN4O2/c1-11(2)10-26-18(25)24-13-3-4-14(24)9-22(8-13)17-15(20)6-21-23-7-12(19)5-16(17)23/h5-7,11,13-14H,3-4,8-10H2,1-2H3. The van der Waals surface area contributed by atoms with E-state index in [0.29, 0.717) is 31.3 Å². The highest BCUT2D eigenvalue weighted by atomic mass is 79.9. The molecule has 0 spiro atoms. The molecule has 140 valence electrons. The molecule has 2 saturated heterocycles. The third kappa shape index (κ3) is 3.04. The van der Waals surface area contributed by atoms with Gasteiger partial charge in [-0.3, -0.25) is 4.90 Å². The summed E-state index contributed by atoms with van der Waals surface area (Å²) in [4.78, 5) is 16.4. The van der Waals surface area contributed by atoms with Crippen LogP contribution in [0.4, 0.5) is 14.9 Å². The molecule has 6 nitrogen and oxygen atoms in total. The van der Waals surface area contributed by atoms with Crippen molar-refractivity contribution in [3.63, 3.8) is 0 Å². The van der Waals surface area contributed by atoms with Crippen molar-refractivity contribution in [1.29, 1.82) is 0 Å². The Hall–Kier alpha value is -1.83. The summed E-state index contributed by atoms with van der Waals surface area (Å²) in [6.07, 6.45) is 4.67. The predicted molar refractivity (Wildman–Crippen MR) is 99.9 cm³/mol. The molecule has 2 bridgehead atoms. The Labute approximate surface area is 160 Å². The van der Waals surface area contributed by atoms with Crippen LogP contribution in [0, 0.1) is 11.7 Å². The van der Waals surface area contributed by atoms with E-state index in [0.717, 1.165) is 22.8 Å². The molecule has 26 heavy (non-hydrogen) atoms. The summed E-state index contributed by atoms with van der Waals surface area (Å²) >= 11 is 3.43. The maximum atomic E-state index is 14.6. The monoisotopic (exact) mass is 424 g/mol. The van der Waals surface area contributed by atoms with Crippen LogP contribution in [-0.2, 0) is 4.74 Å². The van der Waals surface area contributed by atoms with Gasteiger partial charge < -0.3 is 9.64 Å². The lowest BCUT2D eigenvalue weighted by Crippen LogP contribution is -2.56.